The molecule has 0 saturated heterocycles. The zero-order valence-electron chi connectivity index (χ0n) is 20.9. The number of rotatable bonds is 2. The summed E-state index contributed by atoms with van der Waals surface area (Å²) in [5.41, 5.74) is 13.3. The summed E-state index contributed by atoms with van der Waals surface area (Å²) in [6, 6.07) is 27.8. The molecular formula is C34H30. The van der Waals surface area contributed by atoms with Crippen LogP contribution in [0.2, 0.25) is 0 Å². The van der Waals surface area contributed by atoms with Gasteiger partial charge < -0.3 is 0 Å². The fourth-order valence-electron chi connectivity index (χ4n) is 5.84. The molecule has 6 rings (SSSR count). The molecule has 6 aromatic carbocycles. The summed E-state index contributed by atoms with van der Waals surface area (Å²) in [7, 11) is 0. The predicted molar refractivity (Wildman–Crippen MR) is 149 cm³/mol. The molecule has 0 radical (unpaired) electrons. The second kappa shape index (κ2) is 7.43. The Kier molecular flexibility index (Phi) is 4.58. The van der Waals surface area contributed by atoms with E-state index in [9.17, 15) is 0 Å². The summed E-state index contributed by atoms with van der Waals surface area (Å²) in [5, 5.41) is 8.23. The van der Waals surface area contributed by atoms with Crippen molar-refractivity contribution < 1.29 is 0 Å². The van der Waals surface area contributed by atoms with Crippen molar-refractivity contribution in [2.75, 3.05) is 0 Å². The van der Waals surface area contributed by atoms with Crippen molar-refractivity contribution in [1.29, 1.82) is 0 Å². The summed E-state index contributed by atoms with van der Waals surface area (Å²) in [6.07, 6.45) is 0. The van der Waals surface area contributed by atoms with Crippen molar-refractivity contribution >= 4 is 32.3 Å². The Balaban J connectivity index is 1.81. The van der Waals surface area contributed by atoms with Gasteiger partial charge in [-0.05, 0) is 118 Å². The fraction of sp³-hybridized carbons (Fsp3) is 0.176. The third-order valence-corrected chi connectivity index (χ3v) is 7.68. The minimum atomic E-state index is 1.30. The van der Waals surface area contributed by atoms with Crippen LogP contribution < -0.4 is 0 Å². The maximum absolute atomic E-state index is 2.39. The average molecular weight is 439 g/mol. The molecule has 34 heavy (non-hydrogen) atoms. The number of hydrogen-bond acceptors (Lipinski definition) is 0. The maximum Gasteiger partial charge on any atom is -0.00176 e. The Labute approximate surface area is 202 Å². The molecule has 0 nitrogen and oxygen atoms in total. The Bertz CT molecular complexity index is 1620. The highest BCUT2D eigenvalue weighted by Gasteiger charge is 2.19. The Morgan fingerprint density at radius 1 is 0.324 bits per heavy atom. The monoisotopic (exact) mass is 438 g/mol. The first kappa shape index (κ1) is 20.9. The molecule has 0 atom stereocenters. The van der Waals surface area contributed by atoms with Crippen LogP contribution in [0.4, 0.5) is 0 Å². The molecule has 0 N–H and O–H groups in total. The van der Waals surface area contributed by atoms with Gasteiger partial charge in [-0.15, -0.1) is 0 Å². The SMILES string of the molecule is Cc1ccc(C)c(-c2cc(C)c3ccc4c(-c5cc(C)ccc5C)cc(C)c5ccc2c3c54)c1. The molecule has 0 aromatic heterocycles. The topological polar surface area (TPSA) is 0 Å². The van der Waals surface area contributed by atoms with Crippen molar-refractivity contribution in [2.45, 2.75) is 41.5 Å². The smallest absolute Gasteiger partial charge is 0.00176 e. The summed E-state index contributed by atoms with van der Waals surface area (Å²) in [5.74, 6) is 0. The molecular weight excluding hydrogens is 408 g/mol. The minimum Gasteiger partial charge on any atom is -0.0590 e. The summed E-state index contributed by atoms with van der Waals surface area (Å²) >= 11 is 0. The number of benzene rings is 6. The molecule has 166 valence electrons. The van der Waals surface area contributed by atoms with Gasteiger partial charge in [0.1, 0.15) is 0 Å². The van der Waals surface area contributed by atoms with E-state index in [4.69, 9.17) is 0 Å². The van der Waals surface area contributed by atoms with Crippen LogP contribution >= 0.6 is 0 Å². The lowest BCUT2D eigenvalue weighted by molar-refractivity contribution is 1.39. The molecule has 0 amide bonds. The normalized spacial score (nSPS) is 11.8. The first-order valence-electron chi connectivity index (χ1n) is 12.2. The standard InChI is InChI=1S/C34H30/c1-19-7-9-21(3)29(15-19)31-17-23(5)25-12-14-28-32(30-16-20(2)8-10-22(30)4)18-24(6)26-11-13-27(31)33(25)34(26)28/h7-18H,1-6H3. The number of aryl methyl sites for hydroxylation is 6. The summed E-state index contributed by atoms with van der Waals surface area (Å²) in [6.45, 7) is 13.4. The van der Waals surface area contributed by atoms with E-state index in [0.29, 0.717) is 0 Å². The molecule has 0 aliphatic rings. The highest BCUT2D eigenvalue weighted by Crippen LogP contribution is 2.45. The first-order chi connectivity index (χ1) is 16.3. The van der Waals surface area contributed by atoms with E-state index in [1.807, 2.05) is 0 Å². The molecule has 0 bridgehead atoms. The van der Waals surface area contributed by atoms with Crippen LogP contribution in [0.5, 0.6) is 0 Å². The highest BCUT2D eigenvalue weighted by atomic mass is 14.2. The van der Waals surface area contributed by atoms with Crippen molar-refractivity contribution in [3.05, 3.63) is 106 Å². The quantitative estimate of drug-likeness (QED) is 0.236. The van der Waals surface area contributed by atoms with E-state index < -0.39 is 0 Å². The highest BCUT2D eigenvalue weighted by molar-refractivity contribution is 6.28. The largest absolute Gasteiger partial charge is 0.0590 e. The van der Waals surface area contributed by atoms with Crippen LogP contribution in [0, 0.1) is 41.5 Å². The Morgan fingerprint density at radius 2 is 0.706 bits per heavy atom. The van der Waals surface area contributed by atoms with E-state index in [1.165, 1.54) is 88.0 Å². The zero-order chi connectivity index (χ0) is 23.7. The van der Waals surface area contributed by atoms with Gasteiger partial charge in [-0.2, -0.15) is 0 Å². The van der Waals surface area contributed by atoms with Crippen molar-refractivity contribution in [3.8, 4) is 22.3 Å². The molecule has 0 aliphatic carbocycles. The van der Waals surface area contributed by atoms with Gasteiger partial charge in [-0.1, -0.05) is 83.9 Å². The van der Waals surface area contributed by atoms with Gasteiger partial charge in [0.25, 0.3) is 0 Å². The second-order valence-electron chi connectivity index (χ2n) is 10.2. The minimum absolute atomic E-state index is 1.30. The van der Waals surface area contributed by atoms with Gasteiger partial charge in [0.05, 0.1) is 0 Å². The van der Waals surface area contributed by atoms with Crippen molar-refractivity contribution in [3.63, 3.8) is 0 Å². The third-order valence-electron chi connectivity index (χ3n) is 7.68. The van der Waals surface area contributed by atoms with Gasteiger partial charge >= 0.3 is 0 Å². The van der Waals surface area contributed by atoms with Gasteiger partial charge in [-0.25, -0.2) is 0 Å². The summed E-state index contributed by atoms with van der Waals surface area (Å²) < 4.78 is 0. The molecule has 0 heteroatoms. The maximum atomic E-state index is 2.39. The van der Waals surface area contributed by atoms with E-state index >= 15 is 0 Å². The van der Waals surface area contributed by atoms with Gasteiger partial charge in [0.15, 0.2) is 0 Å². The molecule has 0 fully saturated rings. The van der Waals surface area contributed by atoms with Crippen LogP contribution in [0.1, 0.15) is 33.4 Å². The molecule has 6 aromatic rings. The van der Waals surface area contributed by atoms with E-state index in [2.05, 4.69) is 114 Å². The lowest BCUT2D eigenvalue weighted by Crippen LogP contribution is -1.95. The van der Waals surface area contributed by atoms with Gasteiger partial charge in [0, 0.05) is 0 Å². The third kappa shape index (κ3) is 2.98. The van der Waals surface area contributed by atoms with Crippen LogP contribution in [-0.4, -0.2) is 0 Å². The lowest BCUT2D eigenvalue weighted by Gasteiger charge is -2.21. The van der Waals surface area contributed by atoms with Gasteiger partial charge in [-0.3, -0.25) is 0 Å². The van der Waals surface area contributed by atoms with Crippen LogP contribution in [0.25, 0.3) is 54.6 Å². The molecule has 0 unspecified atom stereocenters. The van der Waals surface area contributed by atoms with E-state index in [0.717, 1.165) is 0 Å². The van der Waals surface area contributed by atoms with Crippen LogP contribution in [0.3, 0.4) is 0 Å². The van der Waals surface area contributed by atoms with E-state index in [-0.39, 0.29) is 0 Å². The Hall–Kier alpha value is -3.64. The summed E-state index contributed by atoms with van der Waals surface area (Å²) in [4.78, 5) is 0. The zero-order valence-corrected chi connectivity index (χ0v) is 20.9. The molecule has 0 saturated carbocycles. The average Bonchev–Trinajstić information content (AvgIpc) is 2.82. The second-order valence-corrected chi connectivity index (χ2v) is 10.2. The lowest BCUT2D eigenvalue weighted by atomic mass is 9.83. The van der Waals surface area contributed by atoms with E-state index in [1.54, 1.807) is 0 Å². The first-order valence-corrected chi connectivity index (χ1v) is 12.2. The Morgan fingerprint density at radius 3 is 1.12 bits per heavy atom. The van der Waals surface area contributed by atoms with Crippen molar-refractivity contribution in [2.24, 2.45) is 0 Å². The van der Waals surface area contributed by atoms with Crippen molar-refractivity contribution in [1.82, 2.24) is 0 Å². The van der Waals surface area contributed by atoms with Crippen LogP contribution in [-0.2, 0) is 0 Å². The molecule has 0 heterocycles. The predicted octanol–water partition coefficient (Wildman–Crippen LogP) is 9.77. The fourth-order valence-corrected chi connectivity index (χ4v) is 5.84. The van der Waals surface area contributed by atoms with Gasteiger partial charge in [0.2, 0.25) is 0 Å². The molecule has 0 spiro atoms. The number of hydrogen-bond donors (Lipinski definition) is 0. The molecule has 0 aliphatic heterocycles. The van der Waals surface area contributed by atoms with Crippen LogP contribution in [0.15, 0.2) is 72.8 Å².